The minimum Gasteiger partial charge on any atom is -0.493 e. The number of aryl methyl sites for hydroxylation is 1. The van der Waals surface area contributed by atoms with Gasteiger partial charge in [-0.2, -0.15) is 0 Å². The second-order valence-corrected chi connectivity index (χ2v) is 10.9. The third kappa shape index (κ3) is 5.67. The Bertz CT molecular complexity index is 1310. The lowest BCUT2D eigenvalue weighted by Crippen LogP contribution is -2.47. The molecule has 0 aromatic heterocycles. The average Bonchev–Trinajstić information content (AvgIpc) is 2.90. The molecule has 0 saturated carbocycles. The molecule has 0 aliphatic carbocycles. The smallest absolute Gasteiger partial charge is 0.264 e. The number of methoxy groups -OCH3 is 3. The Labute approximate surface area is 218 Å². The van der Waals surface area contributed by atoms with Gasteiger partial charge in [0, 0.05) is 31.2 Å². The molecule has 1 saturated heterocycles. The van der Waals surface area contributed by atoms with Crippen molar-refractivity contribution in [1.82, 2.24) is 4.90 Å². The second-order valence-electron chi connectivity index (χ2n) is 9.09. The molecule has 0 atom stereocenters. The number of anilines is 1. The van der Waals surface area contributed by atoms with E-state index in [2.05, 4.69) is 4.90 Å². The van der Waals surface area contributed by atoms with Gasteiger partial charge in [-0.3, -0.25) is 9.21 Å². The minimum absolute atomic E-state index is 0.222. The highest BCUT2D eigenvalue weighted by molar-refractivity contribution is 7.92. The summed E-state index contributed by atoms with van der Waals surface area (Å²) in [5.41, 5.74) is 2.40. The Morgan fingerprint density at radius 2 is 1.49 bits per heavy atom. The summed E-state index contributed by atoms with van der Waals surface area (Å²) in [5.74, 6) is 1.36. The summed E-state index contributed by atoms with van der Waals surface area (Å²) in [7, 11) is 0.916. The molecule has 1 aliphatic rings. The van der Waals surface area contributed by atoms with Gasteiger partial charge >= 0.3 is 0 Å². The first-order chi connectivity index (χ1) is 17.8. The molecule has 7 nitrogen and oxygen atoms in total. The molecule has 9 heteroatoms. The van der Waals surface area contributed by atoms with Gasteiger partial charge in [0.15, 0.2) is 11.5 Å². The predicted molar refractivity (Wildman–Crippen MR) is 142 cm³/mol. The van der Waals surface area contributed by atoms with Gasteiger partial charge in [0.25, 0.3) is 10.0 Å². The zero-order valence-corrected chi connectivity index (χ0v) is 22.4. The molecule has 0 unspecified atom stereocenters. The van der Waals surface area contributed by atoms with E-state index in [-0.39, 0.29) is 10.9 Å². The first-order valence-electron chi connectivity index (χ1n) is 12.2. The zero-order chi connectivity index (χ0) is 26.6. The van der Waals surface area contributed by atoms with Crippen LogP contribution in [0.5, 0.6) is 17.2 Å². The molecule has 0 spiro atoms. The minimum atomic E-state index is -3.85. The molecule has 1 aliphatic heterocycles. The topological polar surface area (TPSA) is 68.3 Å². The summed E-state index contributed by atoms with van der Waals surface area (Å²) in [4.78, 5) is 2.49. The number of benzene rings is 3. The number of halogens is 1. The molecule has 37 heavy (non-hydrogen) atoms. The van der Waals surface area contributed by atoms with Gasteiger partial charge in [-0.1, -0.05) is 23.8 Å². The number of piperidine rings is 1. The van der Waals surface area contributed by atoms with E-state index in [0.717, 1.165) is 11.1 Å². The van der Waals surface area contributed by atoms with E-state index in [4.69, 9.17) is 14.2 Å². The van der Waals surface area contributed by atoms with E-state index >= 15 is 0 Å². The Kier molecular flexibility index (Phi) is 8.24. The van der Waals surface area contributed by atoms with Gasteiger partial charge in [-0.05, 0) is 62.2 Å². The lowest BCUT2D eigenvalue weighted by atomic mass is 10.0. The number of hydrogen-bond acceptors (Lipinski definition) is 6. The molecular formula is C28H33FN2O5S. The van der Waals surface area contributed by atoms with E-state index in [9.17, 15) is 12.8 Å². The highest BCUT2D eigenvalue weighted by Gasteiger charge is 2.34. The standard InChI is InChI=1S/C28H33FN2O5S/c1-20-5-12-25(13-6-20)37(32,33)31(23-10-8-22(29)9-11-23)24-15-17-30(18-16-24)19-21-7-14-26(34-2)28(36-4)27(21)35-3/h5-14,24H,15-19H2,1-4H3. The van der Waals surface area contributed by atoms with Gasteiger partial charge in [0.05, 0.1) is 31.9 Å². The maximum Gasteiger partial charge on any atom is 0.264 e. The maximum atomic E-state index is 13.8. The summed E-state index contributed by atoms with van der Waals surface area (Å²) in [5, 5.41) is 0. The summed E-state index contributed by atoms with van der Waals surface area (Å²) >= 11 is 0. The molecule has 4 rings (SSSR count). The van der Waals surface area contributed by atoms with Crippen LogP contribution in [0, 0.1) is 12.7 Å². The van der Waals surface area contributed by atoms with Gasteiger partial charge in [-0.15, -0.1) is 0 Å². The molecule has 0 bridgehead atoms. The maximum absolute atomic E-state index is 13.8. The summed E-state index contributed by atoms with van der Waals surface area (Å²) in [6.45, 7) is 3.90. The monoisotopic (exact) mass is 528 g/mol. The molecule has 0 amide bonds. The Morgan fingerprint density at radius 1 is 0.865 bits per heavy atom. The number of ether oxygens (including phenoxy) is 3. The fourth-order valence-electron chi connectivity index (χ4n) is 4.80. The van der Waals surface area contributed by atoms with E-state index in [1.54, 1.807) is 45.6 Å². The Morgan fingerprint density at radius 3 is 2.05 bits per heavy atom. The Hall–Kier alpha value is -3.30. The molecule has 0 radical (unpaired) electrons. The molecule has 3 aromatic carbocycles. The van der Waals surface area contributed by atoms with Crippen LogP contribution < -0.4 is 18.5 Å². The quantitative estimate of drug-likeness (QED) is 0.389. The van der Waals surface area contributed by atoms with Crippen LogP contribution in [0.2, 0.25) is 0 Å². The molecule has 1 fully saturated rings. The van der Waals surface area contributed by atoms with Crippen molar-refractivity contribution in [2.45, 2.75) is 37.2 Å². The van der Waals surface area contributed by atoms with Gasteiger partial charge < -0.3 is 14.2 Å². The summed E-state index contributed by atoms with van der Waals surface area (Å²) < 4.78 is 59.2. The van der Waals surface area contributed by atoms with Crippen molar-refractivity contribution in [2.24, 2.45) is 0 Å². The number of rotatable bonds is 9. The normalized spacial score (nSPS) is 14.8. The molecule has 0 N–H and O–H groups in total. The van der Waals surface area contributed by atoms with Crippen molar-refractivity contribution in [3.8, 4) is 17.2 Å². The van der Waals surface area contributed by atoms with Crippen molar-refractivity contribution in [3.05, 3.63) is 77.6 Å². The van der Waals surface area contributed by atoms with Crippen molar-refractivity contribution in [2.75, 3.05) is 38.7 Å². The first-order valence-corrected chi connectivity index (χ1v) is 13.6. The molecule has 1 heterocycles. The van der Waals surface area contributed by atoms with Crippen LogP contribution in [0.15, 0.2) is 65.6 Å². The molecular weight excluding hydrogens is 495 g/mol. The highest BCUT2D eigenvalue weighted by Crippen LogP contribution is 2.40. The first kappa shape index (κ1) is 26.8. The lowest BCUT2D eigenvalue weighted by molar-refractivity contribution is 0.203. The van der Waals surface area contributed by atoms with Crippen molar-refractivity contribution in [1.29, 1.82) is 0 Å². The third-order valence-electron chi connectivity index (χ3n) is 6.73. The van der Waals surface area contributed by atoms with Crippen LogP contribution in [-0.2, 0) is 16.6 Å². The van der Waals surface area contributed by atoms with E-state index < -0.39 is 15.8 Å². The number of hydrogen-bond donors (Lipinski definition) is 0. The lowest BCUT2D eigenvalue weighted by Gasteiger charge is -2.39. The highest BCUT2D eigenvalue weighted by atomic mass is 32.2. The van der Waals surface area contributed by atoms with Crippen molar-refractivity contribution < 1.29 is 27.0 Å². The fraction of sp³-hybridized carbons (Fsp3) is 0.357. The van der Waals surface area contributed by atoms with Crippen molar-refractivity contribution in [3.63, 3.8) is 0 Å². The largest absolute Gasteiger partial charge is 0.493 e. The fourth-order valence-corrected chi connectivity index (χ4v) is 6.51. The average molecular weight is 529 g/mol. The van der Waals surface area contributed by atoms with Crippen LogP contribution in [0.4, 0.5) is 10.1 Å². The van der Waals surface area contributed by atoms with Gasteiger partial charge in [0.1, 0.15) is 5.82 Å². The molecule has 198 valence electrons. The van der Waals surface area contributed by atoms with Crippen LogP contribution in [0.1, 0.15) is 24.0 Å². The van der Waals surface area contributed by atoms with Crippen LogP contribution in [0.25, 0.3) is 0 Å². The van der Waals surface area contributed by atoms with E-state index in [0.29, 0.717) is 55.4 Å². The van der Waals surface area contributed by atoms with Crippen LogP contribution >= 0.6 is 0 Å². The van der Waals surface area contributed by atoms with Crippen molar-refractivity contribution >= 4 is 15.7 Å². The third-order valence-corrected chi connectivity index (χ3v) is 8.62. The molecule has 3 aromatic rings. The zero-order valence-electron chi connectivity index (χ0n) is 21.6. The van der Waals surface area contributed by atoms with Gasteiger partial charge in [0.2, 0.25) is 5.75 Å². The van der Waals surface area contributed by atoms with E-state index in [1.807, 2.05) is 19.1 Å². The van der Waals surface area contributed by atoms with Crippen LogP contribution in [-0.4, -0.2) is 53.8 Å². The second kappa shape index (κ2) is 11.4. The number of likely N-dealkylation sites (tertiary alicyclic amines) is 1. The summed E-state index contributed by atoms with van der Waals surface area (Å²) in [6, 6.07) is 16.0. The SMILES string of the molecule is COc1ccc(CN2CCC(N(c3ccc(F)cc3)S(=O)(=O)c3ccc(C)cc3)CC2)c(OC)c1OC. The van der Waals surface area contributed by atoms with Gasteiger partial charge in [-0.25, -0.2) is 12.8 Å². The predicted octanol–water partition coefficient (Wildman–Crippen LogP) is 5.02. The number of nitrogens with zero attached hydrogens (tertiary/aromatic N) is 2. The van der Waals surface area contributed by atoms with Crippen LogP contribution in [0.3, 0.4) is 0 Å². The van der Waals surface area contributed by atoms with E-state index in [1.165, 1.54) is 28.6 Å². The number of sulfonamides is 1. The Balaban J connectivity index is 1.57. The summed E-state index contributed by atoms with van der Waals surface area (Å²) in [6.07, 6.45) is 1.25.